The Morgan fingerprint density at radius 1 is 1.24 bits per heavy atom. The summed E-state index contributed by atoms with van der Waals surface area (Å²) in [5, 5.41) is 0. The second-order valence-corrected chi connectivity index (χ2v) is 3.87. The van der Waals surface area contributed by atoms with Crippen LogP contribution in [0.1, 0.15) is 21.7 Å². The van der Waals surface area contributed by atoms with Crippen LogP contribution < -0.4 is 0 Å². The van der Waals surface area contributed by atoms with Gasteiger partial charge in [-0.05, 0) is 12.1 Å². The van der Waals surface area contributed by atoms with Gasteiger partial charge in [-0.15, -0.1) is 0 Å². The van der Waals surface area contributed by atoms with Gasteiger partial charge in [-0.1, -0.05) is 6.07 Å². The van der Waals surface area contributed by atoms with Crippen LogP contribution in [0.2, 0.25) is 0 Å². The lowest BCUT2D eigenvalue weighted by molar-refractivity contribution is 0.0744. The second kappa shape index (κ2) is 3.93. The first-order valence-corrected chi connectivity index (χ1v) is 5.32. The number of pyridine rings is 1. The third kappa shape index (κ3) is 1.75. The van der Waals surface area contributed by atoms with Crippen molar-refractivity contribution >= 4 is 5.91 Å². The molecule has 0 unspecified atom stereocenters. The summed E-state index contributed by atoms with van der Waals surface area (Å²) in [4.78, 5) is 26.0. The van der Waals surface area contributed by atoms with Crippen molar-refractivity contribution in [3.63, 3.8) is 0 Å². The molecule has 0 spiro atoms. The lowest BCUT2D eigenvalue weighted by atomic mass is 10.3. The highest BCUT2D eigenvalue weighted by Gasteiger charge is 2.25. The van der Waals surface area contributed by atoms with E-state index < -0.39 is 0 Å². The number of rotatable bonds is 1. The molecular weight excluding hydrogens is 216 g/mol. The topological polar surface area (TPSA) is 59.0 Å². The molecule has 17 heavy (non-hydrogen) atoms. The van der Waals surface area contributed by atoms with Crippen LogP contribution in [0.4, 0.5) is 0 Å². The standard InChI is InChI=1S/C12H10N4O/c17-12(10-3-1-2-4-14-10)16-6-9-5-13-8-15-11(9)7-16/h1-5,8H,6-7H2. The number of fused-ring (bicyclic) bond motifs is 1. The molecule has 1 aliphatic heterocycles. The lowest BCUT2D eigenvalue weighted by Gasteiger charge is -2.13. The largest absolute Gasteiger partial charge is 0.327 e. The molecule has 0 radical (unpaired) electrons. The van der Waals surface area contributed by atoms with Gasteiger partial charge in [-0.3, -0.25) is 9.78 Å². The zero-order chi connectivity index (χ0) is 11.7. The molecular formula is C12H10N4O. The van der Waals surface area contributed by atoms with Gasteiger partial charge in [0.15, 0.2) is 0 Å². The van der Waals surface area contributed by atoms with Crippen LogP contribution in [0.25, 0.3) is 0 Å². The van der Waals surface area contributed by atoms with Crippen LogP contribution in [-0.4, -0.2) is 25.8 Å². The molecule has 2 aromatic rings. The Labute approximate surface area is 98.2 Å². The van der Waals surface area contributed by atoms with E-state index in [1.54, 1.807) is 29.4 Å². The Kier molecular flexibility index (Phi) is 2.29. The Bertz CT molecular complexity index is 530. The molecule has 0 saturated heterocycles. The van der Waals surface area contributed by atoms with Crippen molar-refractivity contribution in [2.75, 3.05) is 0 Å². The van der Waals surface area contributed by atoms with E-state index in [4.69, 9.17) is 0 Å². The van der Waals surface area contributed by atoms with Crippen LogP contribution >= 0.6 is 0 Å². The first kappa shape index (κ1) is 9.89. The van der Waals surface area contributed by atoms with Gasteiger partial charge in [-0.25, -0.2) is 9.97 Å². The monoisotopic (exact) mass is 226 g/mol. The van der Waals surface area contributed by atoms with Gasteiger partial charge in [0.25, 0.3) is 5.91 Å². The zero-order valence-corrected chi connectivity index (χ0v) is 9.08. The van der Waals surface area contributed by atoms with E-state index in [0.29, 0.717) is 18.8 Å². The van der Waals surface area contributed by atoms with Crippen molar-refractivity contribution in [3.8, 4) is 0 Å². The number of carbonyl (C=O) groups is 1. The predicted octanol–water partition coefficient (Wildman–Crippen LogP) is 1.03. The van der Waals surface area contributed by atoms with E-state index in [0.717, 1.165) is 11.3 Å². The smallest absolute Gasteiger partial charge is 0.273 e. The van der Waals surface area contributed by atoms with E-state index >= 15 is 0 Å². The summed E-state index contributed by atoms with van der Waals surface area (Å²) in [5.41, 5.74) is 2.40. The van der Waals surface area contributed by atoms with E-state index in [-0.39, 0.29) is 5.91 Å². The molecule has 3 rings (SSSR count). The normalized spacial score (nSPS) is 13.5. The van der Waals surface area contributed by atoms with Gasteiger partial charge in [0.1, 0.15) is 12.0 Å². The summed E-state index contributed by atoms with van der Waals surface area (Å²) in [6.07, 6.45) is 4.89. The SMILES string of the molecule is O=C(c1ccccn1)N1Cc2cncnc2C1. The van der Waals surface area contributed by atoms with E-state index in [1.165, 1.54) is 6.33 Å². The Morgan fingerprint density at radius 2 is 2.18 bits per heavy atom. The number of aromatic nitrogens is 3. The van der Waals surface area contributed by atoms with Gasteiger partial charge in [0.05, 0.1) is 12.2 Å². The van der Waals surface area contributed by atoms with Crippen LogP contribution in [0, 0.1) is 0 Å². The first-order valence-electron chi connectivity index (χ1n) is 5.32. The molecule has 3 heterocycles. The van der Waals surface area contributed by atoms with Gasteiger partial charge < -0.3 is 4.90 Å². The quantitative estimate of drug-likeness (QED) is 0.728. The van der Waals surface area contributed by atoms with Gasteiger partial charge >= 0.3 is 0 Å². The van der Waals surface area contributed by atoms with Crippen molar-refractivity contribution in [3.05, 3.63) is 53.9 Å². The van der Waals surface area contributed by atoms with Gasteiger partial charge in [0.2, 0.25) is 0 Å². The van der Waals surface area contributed by atoms with E-state index in [9.17, 15) is 4.79 Å². The van der Waals surface area contributed by atoms with Crippen molar-refractivity contribution in [2.45, 2.75) is 13.1 Å². The summed E-state index contributed by atoms with van der Waals surface area (Å²) >= 11 is 0. The molecule has 0 bridgehead atoms. The van der Waals surface area contributed by atoms with Crippen LogP contribution in [-0.2, 0) is 13.1 Å². The second-order valence-electron chi connectivity index (χ2n) is 3.87. The lowest BCUT2D eigenvalue weighted by Crippen LogP contribution is -2.26. The molecule has 0 atom stereocenters. The van der Waals surface area contributed by atoms with Crippen LogP contribution in [0.5, 0.6) is 0 Å². The Hall–Kier alpha value is -2.30. The maximum atomic E-state index is 12.1. The maximum absolute atomic E-state index is 12.1. The number of amides is 1. The Balaban J connectivity index is 1.84. The molecule has 5 nitrogen and oxygen atoms in total. The molecule has 0 saturated carbocycles. The molecule has 0 aromatic carbocycles. The summed E-state index contributed by atoms with van der Waals surface area (Å²) < 4.78 is 0. The number of nitrogens with zero attached hydrogens (tertiary/aromatic N) is 4. The molecule has 0 fully saturated rings. The van der Waals surface area contributed by atoms with Crippen molar-refractivity contribution in [1.29, 1.82) is 0 Å². The maximum Gasteiger partial charge on any atom is 0.273 e. The third-order valence-electron chi connectivity index (χ3n) is 2.75. The molecule has 0 N–H and O–H groups in total. The molecule has 2 aromatic heterocycles. The van der Waals surface area contributed by atoms with Crippen LogP contribution in [0.3, 0.4) is 0 Å². The summed E-state index contributed by atoms with van der Waals surface area (Å²) in [6.45, 7) is 1.10. The highest BCUT2D eigenvalue weighted by atomic mass is 16.2. The molecule has 5 heteroatoms. The van der Waals surface area contributed by atoms with Crippen molar-refractivity contribution < 1.29 is 4.79 Å². The number of hydrogen-bond donors (Lipinski definition) is 0. The number of carbonyl (C=O) groups excluding carboxylic acids is 1. The fourth-order valence-electron chi connectivity index (χ4n) is 1.90. The third-order valence-corrected chi connectivity index (χ3v) is 2.75. The van der Waals surface area contributed by atoms with Crippen molar-refractivity contribution in [2.24, 2.45) is 0 Å². The molecule has 1 aliphatic rings. The average Bonchev–Trinajstić information content (AvgIpc) is 2.82. The summed E-state index contributed by atoms with van der Waals surface area (Å²) in [5.74, 6) is -0.0661. The first-order chi connectivity index (χ1) is 8.34. The minimum Gasteiger partial charge on any atom is -0.327 e. The molecule has 84 valence electrons. The van der Waals surface area contributed by atoms with Crippen molar-refractivity contribution in [1.82, 2.24) is 19.9 Å². The Morgan fingerprint density at radius 3 is 2.94 bits per heavy atom. The number of hydrogen-bond acceptors (Lipinski definition) is 4. The highest BCUT2D eigenvalue weighted by Crippen LogP contribution is 2.20. The molecule has 1 amide bonds. The van der Waals surface area contributed by atoms with E-state index in [2.05, 4.69) is 15.0 Å². The minimum absolute atomic E-state index is 0.0661. The van der Waals surface area contributed by atoms with E-state index in [1.807, 2.05) is 6.07 Å². The summed E-state index contributed by atoms with van der Waals surface area (Å²) in [6, 6.07) is 5.32. The summed E-state index contributed by atoms with van der Waals surface area (Å²) in [7, 11) is 0. The minimum atomic E-state index is -0.0661. The fraction of sp³-hybridized carbons (Fsp3) is 0.167. The zero-order valence-electron chi connectivity index (χ0n) is 9.08. The van der Waals surface area contributed by atoms with Crippen LogP contribution in [0.15, 0.2) is 36.9 Å². The van der Waals surface area contributed by atoms with Gasteiger partial charge in [-0.2, -0.15) is 0 Å². The average molecular weight is 226 g/mol. The predicted molar refractivity (Wildman–Crippen MR) is 59.8 cm³/mol. The fourth-order valence-corrected chi connectivity index (χ4v) is 1.90. The van der Waals surface area contributed by atoms with Gasteiger partial charge in [0, 0.05) is 24.5 Å². The molecule has 0 aliphatic carbocycles. The highest BCUT2D eigenvalue weighted by molar-refractivity contribution is 5.92.